The number of primary amides is 1. The number of halogens is 2. The minimum atomic E-state index is -1.44. The normalized spacial score (nSPS) is 11.5. The first kappa shape index (κ1) is 25.5. The van der Waals surface area contributed by atoms with Gasteiger partial charge in [-0.2, -0.15) is 4.37 Å². The first-order valence-corrected chi connectivity index (χ1v) is 11.8. The number of nitrogens with one attached hydrogen (secondary N) is 1. The summed E-state index contributed by atoms with van der Waals surface area (Å²) in [6.45, 7) is 0.116. The van der Waals surface area contributed by atoms with Gasteiger partial charge in [0.25, 0.3) is 11.8 Å². The van der Waals surface area contributed by atoms with E-state index in [0.717, 1.165) is 28.7 Å². The van der Waals surface area contributed by atoms with Crippen molar-refractivity contribution < 1.29 is 23.2 Å². The average Bonchev–Trinajstić information content (AvgIpc) is 3.29. The maximum atomic E-state index is 15.1. The molecule has 5 N–H and O–H groups in total. The number of amides is 3. The van der Waals surface area contributed by atoms with Crippen LogP contribution in [0.1, 0.15) is 37.3 Å². The molecular weight excluding hydrogens is 500 g/mol. The van der Waals surface area contributed by atoms with Crippen LogP contribution >= 0.6 is 11.5 Å². The van der Waals surface area contributed by atoms with Gasteiger partial charge in [0.15, 0.2) is 5.69 Å². The zero-order chi connectivity index (χ0) is 26.5. The van der Waals surface area contributed by atoms with Gasteiger partial charge >= 0.3 is 0 Å². The number of rotatable bonds is 8. The van der Waals surface area contributed by atoms with Gasteiger partial charge in [-0.05, 0) is 46.9 Å². The van der Waals surface area contributed by atoms with Crippen molar-refractivity contribution in [2.45, 2.75) is 12.6 Å². The van der Waals surface area contributed by atoms with Crippen molar-refractivity contribution in [2.24, 2.45) is 5.73 Å². The second-order valence-electron chi connectivity index (χ2n) is 7.92. The van der Waals surface area contributed by atoms with Gasteiger partial charge in [0.2, 0.25) is 5.91 Å². The lowest BCUT2D eigenvalue weighted by Gasteiger charge is -2.31. The van der Waals surface area contributed by atoms with E-state index < -0.39 is 35.4 Å². The highest BCUT2D eigenvalue weighted by Gasteiger charge is 2.37. The molecule has 0 spiro atoms. The Balaban J connectivity index is 1.84. The SMILES string of the molecule is NC(=O)c1nsc(C(=O)N(c2ccccc2F)C(C(=O)NCc2ccccc2)c2ccc(F)cc2)c1N. The fraction of sp³-hybridized carbons (Fsp3) is 0.0769. The molecule has 3 amide bonds. The van der Waals surface area contributed by atoms with E-state index in [1.807, 2.05) is 6.07 Å². The number of nitrogens with zero attached hydrogens (tertiary/aromatic N) is 2. The molecule has 0 aliphatic carbocycles. The predicted octanol–water partition coefficient (Wildman–Crippen LogP) is 3.81. The highest BCUT2D eigenvalue weighted by molar-refractivity contribution is 7.09. The molecule has 37 heavy (non-hydrogen) atoms. The Morgan fingerprint density at radius 2 is 1.59 bits per heavy atom. The number of carbonyl (C=O) groups is 3. The molecule has 0 aliphatic heterocycles. The molecule has 0 fully saturated rings. The number of benzene rings is 3. The van der Waals surface area contributed by atoms with Crippen LogP contribution in [0.5, 0.6) is 0 Å². The number of hydrogen-bond acceptors (Lipinski definition) is 6. The van der Waals surface area contributed by atoms with E-state index in [4.69, 9.17) is 11.5 Å². The van der Waals surface area contributed by atoms with Crippen molar-refractivity contribution in [1.29, 1.82) is 0 Å². The van der Waals surface area contributed by atoms with Crippen LogP contribution in [0.4, 0.5) is 20.2 Å². The van der Waals surface area contributed by atoms with Crippen molar-refractivity contribution in [1.82, 2.24) is 9.69 Å². The van der Waals surface area contributed by atoms with Crippen LogP contribution in [0.3, 0.4) is 0 Å². The lowest BCUT2D eigenvalue weighted by Crippen LogP contribution is -2.44. The van der Waals surface area contributed by atoms with Gasteiger partial charge < -0.3 is 16.8 Å². The molecule has 4 aromatic rings. The molecule has 0 saturated heterocycles. The maximum Gasteiger partial charge on any atom is 0.273 e. The molecule has 1 atom stereocenters. The van der Waals surface area contributed by atoms with Crippen LogP contribution in [-0.2, 0) is 11.3 Å². The number of aromatic nitrogens is 1. The molecule has 188 valence electrons. The summed E-state index contributed by atoms with van der Waals surface area (Å²) in [5, 5.41) is 2.76. The maximum absolute atomic E-state index is 15.1. The summed E-state index contributed by atoms with van der Waals surface area (Å²) in [4.78, 5) is 39.9. The number of nitrogens with two attached hydrogens (primary N) is 2. The van der Waals surface area contributed by atoms with E-state index in [0.29, 0.717) is 11.5 Å². The summed E-state index contributed by atoms with van der Waals surface area (Å²) in [6, 6.07) is 17.9. The summed E-state index contributed by atoms with van der Waals surface area (Å²) in [5.41, 5.74) is 11.4. The second kappa shape index (κ2) is 11.0. The molecule has 0 bridgehead atoms. The van der Waals surface area contributed by atoms with Crippen LogP contribution in [0.25, 0.3) is 0 Å². The smallest absolute Gasteiger partial charge is 0.273 e. The fourth-order valence-corrected chi connectivity index (χ4v) is 4.44. The summed E-state index contributed by atoms with van der Waals surface area (Å²) in [6.07, 6.45) is 0. The number of anilines is 2. The molecular formula is C26H21F2N5O3S. The Kier molecular flexibility index (Phi) is 7.54. The Bertz CT molecular complexity index is 1440. The van der Waals surface area contributed by atoms with Crippen molar-refractivity contribution in [2.75, 3.05) is 10.6 Å². The van der Waals surface area contributed by atoms with Crippen molar-refractivity contribution in [3.05, 3.63) is 112 Å². The predicted molar refractivity (Wildman–Crippen MR) is 136 cm³/mol. The standard InChI is InChI=1S/C26H21F2N5O3S/c27-17-12-10-16(11-13-17)22(25(35)31-14-15-6-2-1-3-7-15)33(19-9-5-4-8-18(19)28)26(36)23-20(29)21(24(30)34)32-37-23/h1-13,22H,14,29H2,(H2,30,34)(H,31,35). The van der Waals surface area contributed by atoms with E-state index >= 15 is 4.39 Å². The Morgan fingerprint density at radius 1 is 0.946 bits per heavy atom. The first-order chi connectivity index (χ1) is 17.8. The van der Waals surface area contributed by atoms with E-state index in [1.165, 1.54) is 30.3 Å². The first-order valence-electron chi connectivity index (χ1n) is 11.0. The van der Waals surface area contributed by atoms with E-state index in [-0.39, 0.29) is 34.1 Å². The third-order valence-corrected chi connectivity index (χ3v) is 6.34. The largest absolute Gasteiger partial charge is 0.395 e. The van der Waals surface area contributed by atoms with Gasteiger partial charge in [-0.3, -0.25) is 19.3 Å². The van der Waals surface area contributed by atoms with E-state index in [9.17, 15) is 18.8 Å². The number of hydrogen-bond donors (Lipinski definition) is 3. The zero-order valence-electron chi connectivity index (χ0n) is 19.2. The summed E-state index contributed by atoms with van der Waals surface area (Å²) in [5.74, 6) is -3.85. The van der Waals surface area contributed by atoms with Crippen LogP contribution < -0.4 is 21.7 Å². The highest BCUT2D eigenvalue weighted by atomic mass is 32.1. The number of nitrogen functional groups attached to an aromatic ring is 1. The Morgan fingerprint density at radius 3 is 2.22 bits per heavy atom. The molecule has 0 radical (unpaired) electrons. The van der Waals surface area contributed by atoms with E-state index in [2.05, 4.69) is 9.69 Å². The van der Waals surface area contributed by atoms with Crippen molar-refractivity contribution >= 4 is 40.6 Å². The van der Waals surface area contributed by atoms with Gasteiger partial charge in [0.05, 0.1) is 11.4 Å². The molecule has 1 heterocycles. The van der Waals surface area contributed by atoms with Crippen molar-refractivity contribution in [3.8, 4) is 0 Å². The minimum absolute atomic E-state index is 0.116. The lowest BCUT2D eigenvalue weighted by atomic mass is 10.0. The molecule has 3 aromatic carbocycles. The molecule has 4 rings (SSSR count). The van der Waals surface area contributed by atoms with Crippen LogP contribution in [0, 0.1) is 11.6 Å². The molecule has 1 unspecified atom stereocenters. The minimum Gasteiger partial charge on any atom is -0.395 e. The van der Waals surface area contributed by atoms with Crippen LogP contribution in [-0.4, -0.2) is 22.1 Å². The number of carbonyl (C=O) groups excluding carboxylic acids is 3. The van der Waals surface area contributed by atoms with Gasteiger partial charge in [-0.25, -0.2) is 8.78 Å². The topological polar surface area (TPSA) is 131 Å². The van der Waals surface area contributed by atoms with Crippen LogP contribution in [0.2, 0.25) is 0 Å². The summed E-state index contributed by atoms with van der Waals surface area (Å²) < 4.78 is 32.7. The highest BCUT2D eigenvalue weighted by Crippen LogP contribution is 2.34. The zero-order valence-corrected chi connectivity index (χ0v) is 20.0. The summed E-state index contributed by atoms with van der Waals surface area (Å²) in [7, 11) is 0. The van der Waals surface area contributed by atoms with Gasteiger partial charge in [-0.15, -0.1) is 0 Å². The van der Waals surface area contributed by atoms with Gasteiger partial charge in [0.1, 0.15) is 22.6 Å². The quantitative estimate of drug-likeness (QED) is 0.325. The molecule has 8 nitrogen and oxygen atoms in total. The summed E-state index contributed by atoms with van der Waals surface area (Å²) >= 11 is 0.597. The molecule has 1 aromatic heterocycles. The third-order valence-electron chi connectivity index (χ3n) is 5.49. The number of para-hydroxylation sites is 1. The van der Waals surface area contributed by atoms with Crippen LogP contribution in [0.15, 0.2) is 78.9 Å². The molecule has 11 heteroatoms. The molecule has 0 aliphatic rings. The lowest BCUT2D eigenvalue weighted by molar-refractivity contribution is -0.122. The third kappa shape index (κ3) is 5.46. The Labute approximate surface area is 214 Å². The fourth-order valence-electron chi connectivity index (χ4n) is 3.70. The average molecular weight is 522 g/mol. The monoisotopic (exact) mass is 521 g/mol. The Hall–Kier alpha value is -4.64. The molecule has 0 saturated carbocycles. The second-order valence-corrected chi connectivity index (χ2v) is 8.70. The van der Waals surface area contributed by atoms with E-state index in [1.54, 1.807) is 24.3 Å². The van der Waals surface area contributed by atoms with Crippen molar-refractivity contribution in [3.63, 3.8) is 0 Å². The van der Waals surface area contributed by atoms with Gasteiger partial charge in [-0.1, -0.05) is 54.6 Å². The van der Waals surface area contributed by atoms with Gasteiger partial charge in [0, 0.05) is 6.54 Å².